The molecule has 0 saturated carbocycles. The molecule has 1 N–H and O–H groups in total. The predicted octanol–water partition coefficient (Wildman–Crippen LogP) is 3.16. The molecule has 0 bridgehead atoms. The van der Waals surface area contributed by atoms with E-state index in [2.05, 4.69) is 44.2 Å². The fraction of sp³-hybridized carbons (Fsp3) is 0.647. The molecule has 6 heteroatoms. The average molecular weight is 339 g/mol. The Hall–Kier alpha value is -1.40. The number of amides is 1. The Morgan fingerprint density at radius 1 is 1.39 bits per heavy atom. The summed E-state index contributed by atoms with van der Waals surface area (Å²) in [5, 5.41) is 3.13. The van der Waals surface area contributed by atoms with Crippen LogP contribution in [0.4, 0.5) is 0 Å². The summed E-state index contributed by atoms with van der Waals surface area (Å²) < 4.78 is 11.6. The van der Waals surface area contributed by atoms with Crippen LogP contribution in [-0.2, 0) is 15.6 Å². The van der Waals surface area contributed by atoms with E-state index < -0.39 is 8.32 Å². The molecule has 0 aliphatic heterocycles. The highest BCUT2D eigenvalue weighted by molar-refractivity contribution is 6.74. The van der Waals surface area contributed by atoms with Gasteiger partial charge in [-0.1, -0.05) is 20.8 Å². The quantitative estimate of drug-likeness (QED) is 0.776. The van der Waals surface area contributed by atoms with Gasteiger partial charge in [0.2, 0.25) is 5.91 Å². The molecule has 23 heavy (non-hydrogen) atoms. The lowest BCUT2D eigenvalue weighted by Crippen LogP contribution is -2.46. The molecule has 0 fully saturated rings. The van der Waals surface area contributed by atoms with Gasteiger partial charge in [-0.15, -0.1) is 0 Å². The lowest BCUT2D eigenvalue weighted by Gasteiger charge is -2.37. The van der Waals surface area contributed by atoms with Crippen molar-refractivity contribution in [1.82, 2.24) is 10.3 Å². The molecule has 0 aromatic carbocycles. The molecular weight excluding hydrogens is 308 g/mol. The maximum Gasteiger partial charge on any atom is 0.217 e. The fourth-order valence-electron chi connectivity index (χ4n) is 1.99. The van der Waals surface area contributed by atoms with Crippen LogP contribution in [0.5, 0.6) is 5.75 Å². The lowest BCUT2D eigenvalue weighted by atomic mass is 10.1. The van der Waals surface area contributed by atoms with Gasteiger partial charge in [0.05, 0.1) is 26.0 Å². The molecule has 1 rings (SSSR count). The Morgan fingerprint density at radius 3 is 2.57 bits per heavy atom. The highest BCUT2D eigenvalue weighted by Crippen LogP contribution is 2.36. The molecule has 130 valence electrons. The monoisotopic (exact) mass is 338 g/mol. The Balaban J connectivity index is 2.83. The summed E-state index contributed by atoms with van der Waals surface area (Å²) >= 11 is 0. The van der Waals surface area contributed by atoms with E-state index in [1.807, 2.05) is 6.07 Å². The number of aromatic nitrogens is 1. The van der Waals surface area contributed by atoms with Crippen molar-refractivity contribution < 1.29 is 14.0 Å². The number of nitrogens with one attached hydrogen (secondary N) is 1. The van der Waals surface area contributed by atoms with Crippen LogP contribution in [0.25, 0.3) is 0 Å². The molecule has 5 nitrogen and oxygen atoms in total. The molecule has 1 aromatic rings. The summed E-state index contributed by atoms with van der Waals surface area (Å²) in [6.45, 7) is 13.1. The Bertz CT molecular complexity index is 527. The van der Waals surface area contributed by atoms with Gasteiger partial charge < -0.3 is 14.5 Å². The molecule has 1 amide bonds. The minimum atomic E-state index is -1.85. The molecule has 1 unspecified atom stereocenters. The molecule has 0 saturated heterocycles. The molecule has 0 aliphatic carbocycles. The molecular formula is C17H30N2O3Si. The van der Waals surface area contributed by atoms with Gasteiger partial charge in [-0.25, -0.2) is 0 Å². The van der Waals surface area contributed by atoms with E-state index in [0.717, 1.165) is 11.3 Å². The first-order chi connectivity index (χ1) is 10.6. The third kappa shape index (κ3) is 5.95. The van der Waals surface area contributed by atoms with E-state index in [1.54, 1.807) is 19.5 Å². The number of hydrogen-bond donors (Lipinski definition) is 1. The van der Waals surface area contributed by atoms with Gasteiger partial charge in [0.1, 0.15) is 5.75 Å². The molecule has 0 aliphatic rings. The normalized spacial score (nSPS) is 13.5. The van der Waals surface area contributed by atoms with Gasteiger partial charge in [0.25, 0.3) is 0 Å². The number of pyridine rings is 1. The molecule has 0 spiro atoms. The Kier molecular flexibility index (Phi) is 6.77. The Morgan fingerprint density at radius 2 is 2.04 bits per heavy atom. The van der Waals surface area contributed by atoms with E-state index in [4.69, 9.17) is 9.16 Å². The number of nitrogens with zero attached hydrogens (tertiary/aromatic N) is 1. The van der Waals surface area contributed by atoms with Crippen LogP contribution in [0.3, 0.4) is 0 Å². The summed E-state index contributed by atoms with van der Waals surface area (Å²) in [5.74, 6) is 0.678. The molecule has 0 radical (unpaired) electrons. The van der Waals surface area contributed by atoms with Crippen molar-refractivity contribution in [2.75, 3.05) is 13.7 Å². The van der Waals surface area contributed by atoms with Gasteiger partial charge in [-0.3, -0.25) is 9.78 Å². The topological polar surface area (TPSA) is 60.5 Å². The second kappa shape index (κ2) is 7.92. The van der Waals surface area contributed by atoms with E-state index >= 15 is 0 Å². The molecule has 1 atom stereocenters. The largest absolute Gasteiger partial charge is 0.495 e. The van der Waals surface area contributed by atoms with Crippen molar-refractivity contribution in [1.29, 1.82) is 0 Å². The SMILES string of the molecule is COc1cnccc1CC(CO[Si](C)(C)C(C)(C)C)NC(C)=O. The van der Waals surface area contributed by atoms with Crippen molar-refractivity contribution in [2.24, 2.45) is 0 Å². The average Bonchev–Trinajstić information content (AvgIpc) is 2.43. The zero-order valence-electron chi connectivity index (χ0n) is 15.4. The summed E-state index contributed by atoms with van der Waals surface area (Å²) in [6, 6.07) is 1.83. The number of hydrogen-bond acceptors (Lipinski definition) is 4. The standard InChI is InChI=1S/C17H30N2O3Si/c1-13(20)19-15(12-22-23(6,7)17(2,3)4)10-14-8-9-18-11-16(14)21-5/h8-9,11,15H,10,12H2,1-7H3,(H,19,20). The van der Waals surface area contributed by atoms with Crippen LogP contribution in [0.1, 0.15) is 33.3 Å². The zero-order chi connectivity index (χ0) is 17.7. The van der Waals surface area contributed by atoms with Crippen molar-refractivity contribution in [3.05, 3.63) is 24.0 Å². The van der Waals surface area contributed by atoms with Crippen LogP contribution < -0.4 is 10.1 Å². The first kappa shape index (κ1) is 19.6. The van der Waals surface area contributed by atoms with Gasteiger partial charge in [0, 0.05) is 13.1 Å². The maximum atomic E-state index is 11.5. The van der Waals surface area contributed by atoms with Crippen LogP contribution >= 0.6 is 0 Å². The van der Waals surface area contributed by atoms with Crippen LogP contribution in [-0.4, -0.2) is 39.0 Å². The first-order valence-corrected chi connectivity index (χ1v) is 10.9. The highest BCUT2D eigenvalue weighted by Gasteiger charge is 2.37. The van der Waals surface area contributed by atoms with E-state index in [9.17, 15) is 4.79 Å². The second-order valence-corrected chi connectivity index (χ2v) is 12.2. The second-order valence-electron chi connectivity index (χ2n) is 7.36. The van der Waals surface area contributed by atoms with Gasteiger partial charge in [0.15, 0.2) is 8.32 Å². The lowest BCUT2D eigenvalue weighted by molar-refractivity contribution is -0.119. The minimum absolute atomic E-state index is 0.0538. The van der Waals surface area contributed by atoms with Crippen LogP contribution in [0.15, 0.2) is 18.5 Å². The van der Waals surface area contributed by atoms with E-state index in [0.29, 0.717) is 13.0 Å². The van der Waals surface area contributed by atoms with Crippen molar-refractivity contribution in [3.8, 4) is 5.75 Å². The number of carbonyl (C=O) groups is 1. The van der Waals surface area contributed by atoms with Gasteiger partial charge >= 0.3 is 0 Å². The van der Waals surface area contributed by atoms with Gasteiger partial charge in [-0.05, 0) is 36.2 Å². The summed E-state index contributed by atoms with van der Waals surface area (Å²) in [4.78, 5) is 15.6. The number of carbonyl (C=O) groups excluding carboxylic acids is 1. The number of ether oxygens (including phenoxy) is 1. The van der Waals surface area contributed by atoms with Gasteiger partial charge in [-0.2, -0.15) is 0 Å². The minimum Gasteiger partial charge on any atom is -0.495 e. The highest BCUT2D eigenvalue weighted by atomic mass is 28.4. The fourth-order valence-corrected chi connectivity index (χ4v) is 3.04. The van der Waals surface area contributed by atoms with Crippen LogP contribution in [0.2, 0.25) is 18.1 Å². The van der Waals surface area contributed by atoms with E-state index in [-0.39, 0.29) is 17.0 Å². The van der Waals surface area contributed by atoms with Crippen LogP contribution in [0, 0.1) is 0 Å². The molecule has 1 heterocycles. The first-order valence-electron chi connectivity index (χ1n) is 7.95. The number of rotatable bonds is 7. The predicted molar refractivity (Wildman–Crippen MR) is 95.2 cm³/mol. The van der Waals surface area contributed by atoms with Crippen molar-refractivity contribution in [2.45, 2.75) is 58.3 Å². The third-order valence-electron chi connectivity index (χ3n) is 4.42. The summed E-state index contributed by atoms with van der Waals surface area (Å²) in [6.07, 6.45) is 4.08. The maximum absolute atomic E-state index is 11.5. The zero-order valence-corrected chi connectivity index (χ0v) is 16.4. The summed E-state index contributed by atoms with van der Waals surface area (Å²) in [7, 11) is -0.228. The third-order valence-corrected chi connectivity index (χ3v) is 8.92. The van der Waals surface area contributed by atoms with Crippen molar-refractivity contribution in [3.63, 3.8) is 0 Å². The Labute approximate surface area is 140 Å². The van der Waals surface area contributed by atoms with E-state index in [1.165, 1.54) is 6.92 Å². The number of methoxy groups -OCH3 is 1. The summed E-state index contributed by atoms with van der Waals surface area (Å²) in [5.41, 5.74) is 1.01. The smallest absolute Gasteiger partial charge is 0.217 e. The van der Waals surface area contributed by atoms with Crippen molar-refractivity contribution >= 4 is 14.2 Å². The molecule has 1 aromatic heterocycles.